The van der Waals surface area contributed by atoms with Crippen LogP contribution in [0.2, 0.25) is 0 Å². The Morgan fingerprint density at radius 2 is 2.36 bits per heavy atom. The van der Waals surface area contributed by atoms with E-state index in [1.54, 1.807) is 0 Å². The highest BCUT2D eigenvalue weighted by atomic mass is 32.2. The van der Waals surface area contributed by atoms with Crippen molar-refractivity contribution in [3.05, 3.63) is 12.3 Å². The van der Waals surface area contributed by atoms with Crippen LogP contribution in [0.1, 0.15) is 0 Å². The van der Waals surface area contributed by atoms with Crippen molar-refractivity contribution in [1.29, 1.82) is 0 Å². The van der Waals surface area contributed by atoms with Crippen molar-refractivity contribution in [2.24, 2.45) is 11.7 Å². The maximum atomic E-state index is 11.8. The molecule has 1 aromatic rings. The number of hydrogen-bond donors (Lipinski definition) is 2. The second-order valence-corrected chi connectivity index (χ2v) is 5.25. The smallest absolute Gasteiger partial charge is 0.259 e. The van der Waals surface area contributed by atoms with Crippen LogP contribution in [0.5, 0.6) is 0 Å². The molecular formula is C7H12N4O2S. The van der Waals surface area contributed by atoms with Gasteiger partial charge in [0, 0.05) is 13.1 Å². The highest BCUT2D eigenvalue weighted by Crippen LogP contribution is 2.22. The van der Waals surface area contributed by atoms with Crippen LogP contribution >= 0.6 is 0 Å². The van der Waals surface area contributed by atoms with E-state index in [1.807, 2.05) is 0 Å². The Labute approximate surface area is 82.1 Å². The highest BCUT2D eigenvalue weighted by molar-refractivity contribution is 7.89. The number of aromatic nitrogens is 2. The summed E-state index contributed by atoms with van der Waals surface area (Å²) in [5.74, 6) is 0.299. The Balaban J connectivity index is 2.12. The van der Waals surface area contributed by atoms with Gasteiger partial charge >= 0.3 is 0 Å². The molecule has 1 aliphatic heterocycles. The fourth-order valence-corrected chi connectivity index (χ4v) is 2.89. The molecular weight excluding hydrogens is 204 g/mol. The van der Waals surface area contributed by atoms with E-state index in [1.165, 1.54) is 16.6 Å². The number of nitrogens with one attached hydrogen (secondary N) is 1. The second kappa shape index (κ2) is 3.34. The molecule has 0 unspecified atom stereocenters. The van der Waals surface area contributed by atoms with E-state index in [0.29, 0.717) is 25.6 Å². The molecule has 0 aromatic carbocycles. The fourth-order valence-electron chi connectivity index (χ4n) is 1.39. The van der Waals surface area contributed by atoms with Gasteiger partial charge in [-0.15, -0.1) is 0 Å². The predicted molar refractivity (Wildman–Crippen MR) is 49.9 cm³/mol. The van der Waals surface area contributed by atoms with Gasteiger partial charge in [-0.25, -0.2) is 8.42 Å². The molecule has 3 N–H and O–H groups in total. The topological polar surface area (TPSA) is 92.1 Å². The third-order valence-corrected chi connectivity index (χ3v) is 4.11. The Kier molecular flexibility index (Phi) is 2.30. The number of sulfonamides is 1. The molecule has 0 bridgehead atoms. The van der Waals surface area contributed by atoms with Gasteiger partial charge in [-0.3, -0.25) is 5.10 Å². The Morgan fingerprint density at radius 1 is 1.64 bits per heavy atom. The van der Waals surface area contributed by atoms with Gasteiger partial charge in [-0.2, -0.15) is 9.40 Å². The summed E-state index contributed by atoms with van der Waals surface area (Å²) in [6, 6.07) is 1.45. The third kappa shape index (κ3) is 1.43. The number of nitrogens with zero attached hydrogens (tertiary/aromatic N) is 2. The molecule has 1 fully saturated rings. The first kappa shape index (κ1) is 9.63. The molecule has 6 nitrogen and oxygen atoms in total. The van der Waals surface area contributed by atoms with Crippen molar-refractivity contribution in [1.82, 2.24) is 14.5 Å². The molecule has 0 aliphatic carbocycles. The minimum atomic E-state index is -3.34. The molecule has 2 rings (SSSR count). The van der Waals surface area contributed by atoms with E-state index in [0.717, 1.165) is 0 Å². The van der Waals surface area contributed by atoms with Crippen molar-refractivity contribution in [2.75, 3.05) is 19.6 Å². The van der Waals surface area contributed by atoms with Crippen LogP contribution in [0.15, 0.2) is 17.3 Å². The number of hydrogen-bond acceptors (Lipinski definition) is 4. The van der Waals surface area contributed by atoms with Crippen molar-refractivity contribution in [3.63, 3.8) is 0 Å². The lowest BCUT2D eigenvalue weighted by molar-refractivity contribution is 0.207. The molecule has 0 radical (unpaired) electrons. The standard InChI is InChI=1S/C7H12N4O2S/c8-3-6-4-11(5-6)14(12,13)7-1-2-9-10-7/h1-2,6H,3-5,8H2,(H,9,10). The average Bonchev–Trinajstić information content (AvgIpc) is 2.53. The van der Waals surface area contributed by atoms with Crippen molar-refractivity contribution < 1.29 is 8.42 Å². The van der Waals surface area contributed by atoms with E-state index in [2.05, 4.69) is 10.2 Å². The first-order valence-electron chi connectivity index (χ1n) is 4.34. The van der Waals surface area contributed by atoms with E-state index < -0.39 is 10.0 Å². The molecule has 1 saturated heterocycles. The maximum Gasteiger partial charge on any atom is 0.259 e. The molecule has 0 saturated carbocycles. The quantitative estimate of drug-likeness (QED) is 0.677. The molecule has 14 heavy (non-hydrogen) atoms. The van der Waals surface area contributed by atoms with Crippen LogP contribution in [-0.4, -0.2) is 42.6 Å². The lowest BCUT2D eigenvalue weighted by Crippen LogP contribution is -2.52. The van der Waals surface area contributed by atoms with Crippen LogP contribution in [0.4, 0.5) is 0 Å². The van der Waals surface area contributed by atoms with E-state index in [4.69, 9.17) is 5.73 Å². The molecule has 7 heteroatoms. The largest absolute Gasteiger partial charge is 0.330 e. The van der Waals surface area contributed by atoms with Crippen molar-refractivity contribution in [3.8, 4) is 0 Å². The monoisotopic (exact) mass is 216 g/mol. The molecule has 78 valence electrons. The summed E-state index contributed by atoms with van der Waals surface area (Å²) >= 11 is 0. The summed E-state index contributed by atoms with van der Waals surface area (Å²) < 4.78 is 24.9. The Hall–Kier alpha value is -0.920. The Bertz CT molecular complexity index is 393. The molecule has 0 amide bonds. The highest BCUT2D eigenvalue weighted by Gasteiger charge is 2.36. The summed E-state index contributed by atoms with van der Waals surface area (Å²) in [7, 11) is -3.34. The average molecular weight is 216 g/mol. The maximum absolute atomic E-state index is 11.8. The lowest BCUT2D eigenvalue weighted by Gasteiger charge is -2.36. The summed E-state index contributed by atoms with van der Waals surface area (Å²) in [6.07, 6.45) is 1.42. The van der Waals surface area contributed by atoms with E-state index in [-0.39, 0.29) is 5.03 Å². The molecule has 1 aromatic heterocycles. The molecule has 0 atom stereocenters. The van der Waals surface area contributed by atoms with E-state index in [9.17, 15) is 8.42 Å². The van der Waals surface area contributed by atoms with Crippen LogP contribution in [0.25, 0.3) is 0 Å². The first-order valence-corrected chi connectivity index (χ1v) is 5.78. The number of nitrogens with two attached hydrogens (primary N) is 1. The Morgan fingerprint density at radius 3 is 2.86 bits per heavy atom. The van der Waals surface area contributed by atoms with Gasteiger partial charge in [-0.1, -0.05) is 0 Å². The number of rotatable bonds is 3. The number of H-pyrrole nitrogens is 1. The van der Waals surface area contributed by atoms with Gasteiger partial charge in [0.15, 0.2) is 5.03 Å². The first-order chi connectivity index (χ1) is 6.64. The minimum Gasteiger partial charge on any atom is -0.330 e. The van der Waals surface area contributed by atoms with Crippen LogP contribution in [0.3, 0.4) is 0 Å². The summed E-state index contributed by atoms with van der Waals surface area (Å²) in [4.78, 5) is 0. The van der Waals surface area contributed by atoms with Crippen molar-refractivity contribution in [2.45, 2.75) is 5.03 Å². The zero-order chi connectivity index (χ0) is 10.2. The van der Waals surface area contributed by atoms with Gasteiger partial charge in [0.2, 0.25) is 0 Å². The predicted octanol–water partition coefficient (Wildman–Crippen LogP) is -1.01. The summed E-state index contributed by atoms with van der Waals surface area (Å²) in [6.45, 7) is 1.56. The van der Waals surface area contributed by atoms with Crippen LogP contribution < -0.4 is 5.73 Å². The molecule has 2 heterocycles. The van der Waals surface area contributed by atoms with Gasteiger partial charge in [0.05, 0.1) is 6.20 Å². The summed E-state index contributed by atoms with van der Waals surface area (Å²) in [5.41, 5.74) is 5.42. The normalized spacial score (nSPS) is 19.5. The summed E-state index contributed by atoms with van der Waals surface area (Å²) in [5, 5.41) is 6.21. The third-order valence-electron chi connectivity index (χ3n) is 2.35. The molecule has 0 spiro atoms. The van der Waals surface area contributed by atoms with Gasteiger partial charge in [0.25, 0.3) is 10.0 Å². The minimum absolute atomic E-state index is 0.146. The zero-order valence-electron chi connectivity index (χ0n) is 7.55. The fraction of sp³-hybridized carbons (Fsp3) is 0.571. The van der Waals surface area contributed by atoms with Crippen molar-refractivity contribution >= 4 is 10.0 Å². The number of aromatic amines is 1. The zero-order valence-corrected chi connectivity index (χ0v) is 8.37. The molecule has 1 aliphatic rings. The van der Waals surface area contributed by atoms with Crippen LogP contribution in [0, 0.1) is 5.92 Å². The van der Waals surface area contributed by atoms with Gasteiger partial charge in [0.1, 0.15) is 0 Å². The van der Waals surface area contributed by atoms with Crippen LogP contribution in [-0.2, 0) is 10.0 Å². The SMILES string of the molecule is NCC1CN(S(=O)(=O)c2ccn[nH]2)C1. The van der Waals surface area contributed by atoms with E-state index >= 15 is 0 Å². The lowest BCUT2D eigenvalue weighted by atomic mass is 10.0. The van der Waals surface area contributed by atoms with Gasteiger partial charge < -0.3 is 5.73 Å². The second-order valence-electron chi connectivity index (χ2n) is 3.34. The van der Waals surface area contributed by atoms with Gasteiger partial charge in [-0.05, 0) is 18.5 Å².